The van der Waals surface area contributed by atoms with Gasteiger partial charge in [-0.25, -0.2) is 4.39 Å². The SMILES string of the molecule is CCN1CCN(c2ccc(F)cc2C(N)=S)CC1. The molecule has 0 atom stereocenters. The summed E-state index contributed by atoms with van der Waals surface area (Å²) >= 11 is 5.00. The number of anilines is 1. The molecule has 5 heteroatoms. The molecule has 0 radical (unpaired) electrons. The van der Waals surface area contributed by atoms with E-state index in [0.29, 0.717) is 5.56 Å². The lowest BCUT2D eigenvalue weighted by Crippen LogP contribution is -2.46. The van der Waals surface area contributed by atoms with E-state index in [-0.39, 0.29) is 10.8 Å². The van der Waals surface area contributed by atoms with E-state index in [1.807, 2.05) is 0 Å². The van der Waals surface area contributed by atoms with Crippen molar-refractivity contribution in [3.05, 3.63) is 29.6 Å². The molecule has 98 valence electrons. The number of nitrogens with zero attached hydrogens (tertiary/aromatic N) is 2. The van der Waals surface area contributed by atoms with E-state index in [1.165, 1.54) is 12.1 Å². The lowest BCUT2D eigenvalue weighted by Gasteiger charge is -2.36. The molecular formula is C13H18FN3S. The largest absolute Gasteiger partial charge is 0.389 e. The van der Waals surface area contributed by atoms with Crippen LogP contribution in [-0.4, -0.2) is 42.6 Å². The molecule has 1 fully saturated rings. The first kappa shape index (κ1) is 13.2. The Labute approximate surface area is 112 Å². The Kier molecular flexibility index (Phi) is 4.14. The number of piperazine rings is 1. The Morgan fingerprint density at radius 2 is 2.00 bits per heavy atom. The molecule has 0 saturated carbocycles. The van der Waals surface area contributed by atoms with Crippen molar-refractivity contribution in [3.63, 3.8) is 0 Å². The first-order chi connectivity index (χ1) is 8.61. The third-order valence-corrected chi connectivity index (χ3v) is 3.60. The second-order valence-corrected chi connectivity index (χ2v) is 4.89. The standard InChI is InChI=1S/C13H18FN3S/c1-2-16-5-7-17(8-6-16)12-4-3-10(14)9-11(12)13(15)18/h3-4,9H,2,5-8H2,1H3,(H2,15,18). The van der Waals surface area contributed by atoms with Crippen molar-refractivity contribution in [2.75, 3.05) is 37.6 Å². The van der Waals surface area contributed by atoms with Gasteiger partial charge in [-0.05, 0) is 24.7 Å². The minimum atomic E-state index is -0.297. The summed E-state index contributed by atoms with van der Waals surface area (Å²) in [7, 11) is 0. The van der Waals surface area contributed by atoms with Crippen LogP contribution in [0.3, 0.4) is 0 Å². The van der Waals surface area contributed by atoms with Gasteiger partial charge < -0.3 is 15.5 Å². The van der Waals surface area contributed by atoms with E-state index in [4.69, 9.17) is 18.0 Å². The summed E-state index contributed by atoms with van der Waals surface area (Å²) < 4.78 is 13.2. The lowest BCUT2D eigenvalue weighted by atomic mass is 10.1. The number of hydrogen-bond acceptors (Lipinski definition) is 3. The van der Waals surface area contributed by atoms with Gasteiger partial charge in [0.05, 0.1) is 0 Å². The van der Waals surface area contributed by atoms with Crippen molar-refractivity contribution in [1.29, 1.82) is 0 Å². The monoisotopic (exact) mass is 267 g/mol. The molecular weight excluding hydrogens is 249 g/mol. The van der Waals surface area contributed by atoms with E-state index < -0.39 is 0 Å². The van der Waals surface area contributed by atoms with Gasteiger partial charge in [-0.15, -0.1) is 0 Å². The van der Waals surface area contributed by atoms with Crippen LogP contribution in [0.15, 0.2) is 18.2 Å². The van der Waals surface area contributed by atoms with Crippen LogP contribution in [-0.2, 0) is 0 Å². The summed E-state index contributed by atoms with van der Waals surface area (Å²) in [6.45, 7) is 7.12. The van der Waals surface area contributed by atoms with Gasteiger partial charge in [-0.3, -0.25) is 0 Å². The predicted molar refractivity (Wildman–Crippen MR) is 76.6 cm³/mol. The highest BCUT2D eigenvalue weighted by Crippen LogP contribution is 2.23. The Balaban J connectivity index is 2.21. The summed E-state index contributed by atoms with van der Waals surface area (Å²) in [5.41, 5.74) is 7.25. The number of thiocarbonyl (C=S) groups is 1. The minimum absolute atomic E-state index is 0.252. The number of rotatable bonds is 3. The molecule has 0 bridgehead atoms. The van der Waals surface area contributed by atoms with Crippen molar-refractivity contribution in [3.8, 4) is 0 Å². The molecule has 0 aromatic heterocycles. The Bertz CT molecular complexity index is 442. The first-order valence-corrected chi connectivity index (χ1v) is 6.59. The van der Waals surface area contributed by atoms with Gasteiger partial charge in [-0.2, -0.15) is 0 Å². The second-order valence-electron chi connectivity index (χ2n) is 4.45. The van der Waals surface area contributed by atoms with Crippen molar-refractivity contribution in [2.45, 2.75) is 6.92 Å². The minimum Gasteiger partial charge on any atom is -0.389 e. The zero-order chi connectivity index (χ0) is 13.1. The average molecular weight is 267 g/mol. The van der Waals surface area contributed by atoms with E-state index in [1.54, 1.807) is 6.07 Å². The molecule has 1 saturated heterocycles. The number of hydrogen-bond donors (Lipinski definition) is 1. The summed E-state index contributed by atoms with van der Waals surface area (Å²) in [4.78, 5) is 4.86. The first-order valence-electron chi connectivity index (χ1n) is 6.18. The molecule has 1 aliphatic rings. The number of nitrogens with two attached hydrogens (primary N) is 1. The molecule has 0 aliphatic carbocycles. The van der Waals surface area contributed by atoms with Gasteiger partial charge >= 0.3 is 0 Å². The third-order valence-electron chi connectivity index (χ3n) is 3.38. The van der Waals surface area contributed by atoms with Gasteiger partial charge in [0.25, 0.3) is 0 Å². The topological polar surface area (TPSA) is 32.5 Å². The number of likely N-dealkylation sites (N-methyl/N-ethyl adjacent to an activating group) is 1. The maximum Gasteiger partial charge on any atom is 0.124 e. The summed E-state index contributed by atoms with van der Waals surface area (Å²) in [6, 6.07) is 4.65. The molecule has 1 aromatic carbocycles. The highest BCUT2D eigenvalue weighted by atomic mass is 32.1. The van der Waals surface area contributed by atoms with Crippen LogP contribution in [0.25, 0.3) is 0 Å². The average Bonchev–Trinajstić information content (AvgIpc) is 2.39. The fourth-order valence-electron chi connectivity index (χ4n) is 2.29. The van der Waals surface area contributed by atoms with Crippen molar-refractivity contribution < 1.29 is 4.39 Å². The highest BCUT2D eigenvalue weighted by molar-refractivity contribution is 7.80. The molecule has 2 N–H and O–H groups in total. The summed E-state index contributed by atoms with van der Waals surface area (Å²) in [5, 5.41) is 0. The Morgan fingerprint density at radius 3 is 2.56 bits per heavy atom. The third kappa shape index (κ3) is 2.79. The summed E-state index contributed by atoms with van der Waals surface area (Å²) in [5.74, 6) is -0.297. The fourth-order valence-corrected chi connectivity index (χ4v) is 2.45. The van der Waals surface area contributed by atoms with Crippen LogP contribution in [0.2, 0.25) is 0 Å². The predicted octanol–water partition coefficient (Wildman–Crippen LogP) is 1.60. The number of halogens is 1. The molecule has 2 rings (SSSR count). The van der Waals surface area contributed by atoms with Gasteiger partial charge in [0.1, 0.15) is 10.8 Å². The van der Waals surface area contributed by atoms with Gasteiger partial charge in [-0.1, -0.05) is 19.1 Å². The quantitative estimate of drug-likeness (QED) is 0.843. The van der Waals surface area contributed by atoms with E-state index >= 15 is 0 Å². The normalized spacial score (nSPS) is 16.9. The van der Waals surface area contributed by atoms with Crippen LogP contribution in [0, 0.1) is 5.82 Å². The summed E-state index contributed by atoms with van der Waals surface area (Å²) in [6.07, 6.45) is 0. The molecule has 1 heterocycles. The van der Waals surface area contributed by atoms with E-state index in [9.17, 15) is 4.39 Å². The van der Waals surface area contributed by atoms with Crippen molar-refractivity contribution in [1.82, 2.24) is 4.90 Å². The van der Waals surface area contributed by atoms with Crippen molar-refractivity contribution in [2.24, 2.45) is 5.73 Å². The maximum atomic E-state index is 13.2. The molecule has 1 aromatic rings. The molecule has 0 amide bonds. The van der Waals surface area contributed by atoms with Crippen LogP contribution < -0.4 is 10.6 Å². The fraction of sp³-hybridized carbons (Fsp3) is 0.462. The Morgan fingerprint density at radius 1 is 1.33 bits per heavy atom. The van der Waals surface area contributed by atoms with Crippen LogP contribution >= 0.6 is 12.2 Å². The van der Waals surface area contributed by atoms with Crippen LogP contribution in [0.4, 0.5) is 10.1 Å². The highest BCUT2D eigenvalue weighted by Gasteiger charge is 2.19. The maximum absolute atomic E-state index is 13.2. The molecule has 3 nitrogen and oxygen atoms in total. The molecule has 1 aliphatic heterocycles. The molecule has 18 heavy (non-hydrogen) atoms. The van der Waals surface area contributed by atoms with Gasteiger partial charge in [0, 0.05) is 37.4 Å². The Hall–Kier alpha value is -1.20. The number of benzene rings is 1. The van der Waals surface area contributed by atoms with Crippen molar-refractivity contribution >= 4 is 22.9 Å². The van der Waals surface area contributed by atoms with E-state index in [2.05, 4.69) is 16.7 Å². The van der Waals surface area contributed by atoms with E-state index in [0.717, 1.165) is 38.4 Å². The van der Waals surface area contributed by atoms with Crippen LogP contribution in [0.1, 0.15) is 12.5 Å². The lowest BCUT2D eigenvalue weighted by molar-refractivity contribution is 0.271. The molecule has 0 unspecified atom stereocenters. The zero-order valence-corrected chi connectivity index (χ0v) is 11.3. The second kappa shape index (κ2) is 5.63. The van der Waals surface area contributed by atoms with Gasteiger partial charge in [0.15, 0.2) is 0 Å². The zero-order valence-electron chi connectivity index (χ0n) is 10.5. The smallest absolute Gasteiger partial charge is 0.124 e. The van der Waals surface area contributed by atoms with Gasteiger partial charge in [0.2, 0.25) is 0 Å². The molecule has 0 spiro atoms. The van der Waals surface area contributed by atoms with Crippen LogP contribution in [0.5, 0.6) is 0 Å².